The summed E-state index contributed by atoms with van der Waals surface area (Å²) in [4.78, 5) is 29.0. The minimum absolute atomic E-state index is 0.0211. The van der Waals surface area contributed by atoms with Gasteiger partial charge in [-0.2, -0.15) is 0 Å². The maximum Gasteiger partial charge on any atom is 0.297 e. The van der Waals surface area contributed by atoms with Crippen molar-refractivity contribution in [3.8, 4) is 17.2 Å². The highest BCUT2D eigenvalue weighted by atomic mass is 32.1. The third-order valence-corrected chi connectivity index (χ3v) is 6.99. The molecule has 36 heavy (non-hydrogen) atoms. The van der Waals surface area contributed by atoms with Gasteiger partial charge in [-0.1, -0.05) is 24.3 Å². The van der Waals surface area contributed by atoms with E-state index in [0.29, 0.717) is 53.0 Å². The molecule has 0 saturated carbocycles. The van der Waals surface area contributed by atoms with Gasteiger partial charge in [-0.3, -0.25) is 14.5 Å². The fraction of sp³-hybridized carbons (Fsp3) is 0.308. The molecule has 2 aromatic heterocycles. The molecule has 186 valence electrons. The number of carbonyl (C=O) groups excluding carboxylic acids is 1. The van der Waals surface area contributed by atoms with Gasteiger partial charge in [0.25, 0.3) is 5.91 Å². The summed E-state index contributed by atoms with van der Waals surface area (Å²) in [7, 11) is 1.54. The van der Waals surface area contributed by atoms with Crippen molar-refractivity contribution in [3.63, 3.8) is 0 Å². The Kier molecular flexibility index (Phi) is 6.36. The molecule has 9 nitrogen and oxygen atoms in total. The van der Waals surface area contributed by atoms with E-state index >= 15 is 0 Å². The zero-order valence-electron chi connectivity index (χ0n) is 20.4. The highest BCUT2D eigenvalue weighted by Crippen LogP contribution is 2.44. The number of anilines is 1. The van der Waals surface area contributed by atoms with E-state index in [9.17, 15) is 9.59 Å². The van der Waals surface area contributed by atoms with Gasteiger partial charge in [0.15, 0.2) is 16.9 Å². The van der Waals surface area contributed by atoms with E-state index in [1.54, 1.807) is 37.4 Å². The normalized spacial score (nSPS) is 14.8. The van der Waals surface area contributed by atoms with Gasteiger partial charge < -0.3 is 18.6 Å². The number of aryl methyl sites for hydroxylation is 1. The Bertz CT molecular complexity index is 1510. The highest BCUT2D eigenvalue weighted by Gasteiger charge is 2.45. The minimum atomic E-state index is -0.776. The smallest absolute Gasteiger partial charge is 0.297 e. The van der Waals surface area contributed by atoms with E-state index in [1.807, 2.05) is 26.8 Å². The number of benzene rings is 2. The Morgan fingerprint density at radius 2 is 1.81 bits per heavy atom. The number of methoxy groups -OCH3 is 1. The minimum Gasteiger partial charge on any atom is -0.494 e. The molecule has 1 aliphatic heterocycles. The van der Waals surface area contributed by atoms with Crippen LogP contribution < -0.4 is 24.5 Å². The molecule has 1 atom stereocenters. The monoisotopic (exact) mass is 507 g/mol. The highest BCUT2D eigenvalue weighted by molar-refractivity contribution is 7.15. The van der Waals surface area contributed by atoms with E-state index in [1.165, 1.54) is 16.2 Å². The lowest BCUT2D eigenvalue weighted by molar-refractivity contribution is 0.0970. The van der Waals surface area contributed by atoms with Crippen LogP contribution in [0.25, 0.3) is 11.0 Å². The number of nitrogens with zero attached hydrogens (tertiary/aromatic N) is 3. The summed E-state index contributed by atoms with van der Waals surface area (Å²) in [5.41, 5.74) is 0.905. The van der Waals surface area contributed by atoms with Gasteiger partial charge in [0.05, 0.1) is 37.3 Å². The lowest BCUT2D eigenvalue weighted by atomic mass is 9.98. The first-order chi connectivity index (χ1) is 17.5. The Morgan fingerprint density at radius 3 is 2.50 bits per heavy atom. The molecule has 0 spiro atoms. The van der Waals surface area contributed by atoms with Crippen LogP contribution in [0.3, 0.4) is 0 Å². The number of hydrogen-bond acceptors (Lipinski definition) is 9. The van der Waals surface area contributed by atoms with Crippen LogP contribution in [0.15, 0.2) is 45.6 Å². The molecular weight excluding hydrogens is 482 g/mol. The third-order valence-electron chi connectivity index (χ3n) is 5.92. The third kappa shape index (κ3) is 3.87. The van der Waals surface area contributed by atoms with Crippen LogP contribution in [-0.4, -0.2) is 36.4 Å². The number of carbonyl (C=O) groups is 1. The summed E-state index contributed by atoms with van der Waals surface area (Å²) in [6.07, 6.45) is 0.676. The molecule has 10 heteroatoms. The molecule has 0 aliphatic carbocycles. The molecule has 1 aliphatic rings. The topological polar surface area (TPSA) is 104 Å². The standard InChI is InChI=1S/C26H25N3O6S/c1-5-20-27-28-26(36-20)29-22(14-8-11-17(34-7-3)19(12-14)32-4)21-23(30)16-10-9-15(33-6-2)13-18(16)35-24(21)25(29)31/h8-13,22H,5-7H2,1-4H3. The first kappa shape index (κ1) is 23.8. The van der Waals surface area contributed by atoms with Gasteiger partial charge in [-0.05, 0) is 50.1 Å². The van der Waals surface area contributed by atoms with E-state index in [4.69, 9.17) is 18.6 Å². The van der Waals surface area contributed by atoms with Gasteiger partial charge in [-0.15, -0.1) is 10.2 Å². The average Bonchev–Trinajstić information content (AvgIpc) is 3.47. The molecule has 0 radical (unpaired) electrons. The van der Waals surface area contributed by atoms with Crippen molar-refractivity contribution in [1.82, 2.24) is 10.2 Å². The summed E-state index contributed by atoms with van der Waals surface area (Å²) in [6.45, 7) is 6.65. The fourth-order valence-corrected chi connectivity index (χ4v) is 5.14. The van der Waals surface area contributed by atoms with E-state index in [-0.39, 0.29) is 22.3 Å². The Balaban J connectivity index is 1.74. The summed E-state index contributed by atoms with van der Waals surface area (Å²) < 4.78 is 22.8. The van der Waals surface area contributed by atoms with Crippen molar-refractivity contribution < 1.29 is 23.4 Å². The predicted octanol–water partition coefficient (Wildman–Crippen LogP) is 4.76. The van der Waals surface area contributed by atoms with Crippen LogP contribution in [0, 0.1) is 0 Å². The molecule has 4 aromatic rings. The van der Waals surface area contributed by atoms with Crippen molar-refractivity contribution >= 4 is 33.3 Å². The molecule has 0 saturated heterocycles. The van der Waals surface area contributed by atoms with Crippen molar-refractivity contribution in [2.75, 3.05) is 25.2 Å². The SMILES string of the molecule is CCOc1ccc2c(=O)c3c(oc2c1)C(=O)N(c1nnc(CC)s1)C3c1ccc(OCC)c(OC)c1. The quantitative estimate of drug-likeness (QED) is 0.336. The molecule has 0 fully saturated rings. The molecule has 0 N–H and O–H groups in total. The molecule has 5 rings (SSSR count). The van der Waals surface area contributed by atoms with Crippen LogP contribution in [0.1, 0.15) is 53.5 Å². The summed E-state index contributed by atoms with van der Waals surface area (Å²) in [5, 5.41) is 9.98. The van der Waals surface area contributed by atoms with Crippen molar-refractivity contribution in [1.29, 1.82) is 0 Å². The van der Waals surface area contributed by atoms with Crippen LogP contribution in [0.2, 0.25) is 0 Å². The van der Waals surface area contributed by atoms with Crippen LogP contribution in [-0.2, 0) is 6.42 Å². The summed E-state index contributed by atoms with van der Waals surface area (Å²) in [5.74, 6) is 1.14. The summed E-state index contributed by atoms with van der Waals surface area (Å²) >= 11 is 1.31. The fourth-order valence-electron chi connectivity index (χ4n) is 4.33. The van der Waals surface area contributed by atoms with Crippen LogP contribution in [0.5, 0.6) is 17.2 Å². The predicted molar refractivity (Wildman–Crippen MR) is 136 cm³/mol. The van der Waals surface area contributed by atoms with Crippen LogP contribution >= 0.6 is 11.3 Å². The number of ether oxygens (including phenoxy) is 3. The van der Waals surface area contributed by atoms with Crippen molar-refractivity contribution in [2.45, 2.75) is 33.2 Å². The van der Waals surface area contributed by atoms with E-state index in [2.05, 4.69) is 10.2 Å². The first-order valence-corrected chi connectivity index (χ1v) is 12.5. The van der Waals surface area contributed by atoms with Gasteiger partial charge in [0, 0.05) is 6.07 Å². The molecule has 1 unspecified atom stereocenters. The largest absolute Gasteiger partial charge is 0.494 e. The lowest BCUT2D eigenvalue weighted by Crippen LogP contribution is -2.29. The number of aromatic nitrogens is 2. The van der Waals surface area contributed by atoms with Gasteiger partial charge in [0.2, 0.25) is 10.9 Å². The Labute approximate surface area is 211 Å². The zero-order chi connectivity index (χ0) is 25.4. The van der Waals surface area contributed by atoms with Crippen molar-refractivity contribution in [3.05, 3.63) is 68.5 Å². The van der Waals surface area contributed by atoms with Crippen LogP contribution in [0.4, 0.5) is 5.13 Å². The second kappa shape index (κ2) is 9.62. The molecule has 2 aromatic carbocycles. The second-order valence-corrected chi connectivity index (χ2v) is 9.06. The second-order valence-electron chi connectivity index (χ2n) is 8.02. The molecule has 1 amide bonds. The van der Waals surface area contributed by atoms with E-state index < -0.39 is 11.9 Å². The van der Waals surface area contributed by atoms with Crippen molar-refractivity contribution in [2.24, 2.45) is 0 Å². The average molecular weight is 508 g/mol. The maximum absolute atomic E-state index is 13.8. The molecular formula is C26H25N3O6S. The van der Waals surface area contributed by atoms with Gasteiger partial charge in [0.1, 0.15) is 16.3 Å². The van der Waals surface area contributed by atoms with Gasteiger partial charge >= 0.3 is 0 Å². The molecule has 3 heterocycles. The number of amides is 1. The molecule has 0 bridgehead atoms. The Hall–Kier alpha value is -3.92. The first-order valence-electron chi connectivity index (χ1n) is 11.7. The van der Waals surface area contributed by atoms with Gasteiger partial charge in [-0.25, -0.2) is 0 Å². The number of hydrogen-bond donors (Lipinski definition) is 0. The lowest BCUT2D eigenvalue weighted by Gasteiger charge is -2.23. The zero-order valence-corrected chi connectivity index (χ0v) is 21.2. The summed E-state index contributed by atoms with van der Waals surface area (Å²) in [6, 6.07) is 9.60. The number of fused-ring (bicyclic) bond motifs is 2. The Morgan fingerprint density at radius 1 is 1.00 bits per heavy atom. The number of rotatable bonds is 8. The maximum atomic E-state index is 13.8. The van der Waals surface area contributed by atoms with E-state index in [0.717, 1.165) is 5.01 Å².